The quantitative estimate of drug-likeness (QED) is 0.737. The average Bonchev–Trinajstić information content (AvgIpc) is 2.31. The third-order valence-electron chi connectivity index (χ3n) is 2.54. The maximum Gasteiger partial charge on any atom is 0.140 e. The van der Waals surface area contributed by atoms with E-state index in [1.165, 1.54) is 0 Å². The van der Waals surface area contributed by atoms with Gasteiger partial charge in [-0.3, -0.25) is 0 Å². The fraction of sp³-hybridized carbons (Fsp3) is 0.538. The molecule has 0 amide bonds. The van der Waals surface area contributed by atoms with E-state index in [2.05, 4.69) is 5.32 Å². The van der Waals surface area contributed by atoms with Gasteiger partial charge in [-0.2, -0.15) is 0 Å². The normalized spacial score (nSPS) is 12.5. The van der Waals surface area contributed by atoms with Gasteiger partial charge >= 0.3 is 0 Å². The molecule has 0 radical (unpaired) electrons. The van der Waals surface area contributed by atoms with Crippen LogP contribution in [0, 0.1) is 6.92 Å². The fourth-order valence-corrected chi connectivity index (χ4v) is 1.71. The molecule has 3 nitrogen and oxygen atoms in total. The lowest BCUT2D eigenvalue weighted by molar-refractivity contribution is 0.165. The largest absolute Gasteiger partial charge is 0.490 e. The zero-order valence-corrected chi connectivity index (χ0v) is 11.1. The van der Waals surface area contributed by atoms with Crippen LogP contribution >= 0.6 is 11.6 Å². The Morgan fingerprint density at radius 3 is 2.88 bits per heavy atom. The first kappa shape index (κ1) is 14.3. The summed E-state index contributed by atoms with van der Waals surface area (Å²) in [5, 5.41) is 13.1. The summed E-state index contributed by atoms with van der Waals surface area (Å²) in [4.78, 5) is 0. The number of aliphatic hydroxyl groups is 1. The van der Waals surface area contributed by atoms with Crippen LogP contribution in [0.15, 0.2) is 18.2 Å². The number of para-hydroxylation sites is 1. The van der Waals surface area contributed by atoms with Crippen LogP contribution in [0.2, 0.25) is 5.02 Å². The molecule has 1 rings (SSSR count). The number of nitrogens with one attached hydrogen (secondary N) is 1. The minimum atomic E-state index is -0.281. The number of halogens is 1. The zero-order chi connectivity index (χ0) is 12.7. The van der Waals surface area contributed by atoms with Crippen molar-refractivity contribution in [2.24, 2.45) is 0 Å². The summed E-state index contributed by atoms with van der Waals surface area (Å²) in [5.74, 6) is 0.743. The molecule has 17 heavy (non-hydrogen) atoms. The third kappa shape index (κ3) is 4.94. The van der Waals surface area contributed by atoms with E-state index in [1.54, 1.807) is 0 Å². The van der Waals surface area contributed by atoms with Gasteiger partial charge in [0.2, 0.25) is 0 Å². The van der Waals surface area contributed by atoms with E-state index < -0.39 is 0 Å². The number of aliphatic hydroxyl groups excluding tert-OH is 1. The Kier molecular flexibility index (Phi) is 6.34. The van der Waals surface area contributed by atoms with Gasteiger partial charge in [0.15, 0.2) is 0 Å². The molecule has 0 fully saturated rings. The first-order chi connectivity index (χ1) is 8.15. The van der Waals surface area contributed by atoms with Crippen molar-refractivity contribution in [1.82, 2.24) is 5.32 Å². The van der Waals surface area contributed by atoms with Gasteiger partial charge in [-0.15, -0.1) is 0 Å². The molecule has 96 valence electrons. The molecule has 0 aromatic heterocycles. The van der Waals surface area contributed by atoms with E-state index in [1.807, 2.05) is 32.0 Å². The van der Waals surface area contributed by atoms with Crippen molar-refractivity contribution in [2.45, 2.75) is 26.4 Å². The average molecular weight is 258 g/mol. The lowest BCUT2D eigenvalue weighted by atomic mass is 10.2. The van der Waals surface area contributed by atoms with Gasteiger partial charge in [-0.25, -0.2) is 0 Å². The second-order valence-corrected chi connectivity index (χ2v) is 4.41. The van der Waals surface area contributed by atoms with Crippen LogP contribution in [0.5, 0.6) is 5.75 Å². The topological polar surface area (TPSA) is 41.5 Å². The van der Waals surface area contributed by atoms with Gasteiger partial charge in [-0.1, -0.05) is 30.7 Å². The number of rotatable bonds is 7. The molecule has 0 heterocycles. The molecule has 1 aromatic rings. The van der Waals surface area contributed by atoms with Crippen molar-refractivity contribution in [1.29, 1.82) is 0 Å². The van der Waals surface area contributed by atoms with E-state index in [4.69, 9.17) is 16.3 Å². The van der Waals surface area contributed by atoms with E-state index in [-0.39, 0.29) is 6.10 Å². The molecule has 1 atom stereocenters. The maximum atomic E-state index is 9.34. The molecule has 0 bridgehead atoms. The monoisotopic (exact) mass is 257 g/mol. The van der Waals surface area contributed by atoms with Crippen molar-refractivity contribution in [3.63, 3.8) is 0 Å². The fourth-order valence-electron chi connectivity index (χ4n) is 1.44. The molecule has 0 saturated carbocycles. The molecule has 0 spiro atoms. The van der Waals surface area contributed by atoms with Crippen molar-refractivity contribution in [3.05, 3.63) is 28.8 Å². The highest BCUT2D eigenvalue weighted by atomic mass is 35.5. The van der Waals surface area contributed by atoms with E-state index in [0.717, 1.165) is 17.7 Å². The number of hydrogen-bond acceptors (Lipinski definition) is 3. The molecule has 0 aliphatic carbocycles. The summed E-state index contributed by atoms with van der Waals surface area (Å²) < 4.78 is 5.61. The smallest absolute Gasteiger partial charge is 0.140 e. The van der Waals surface area contributed by atoms with Crippen molar-refractivity contribution in [3.8, 4) is 5.75 Å². The third-order valence-corrected chi connectivity index (χ3v) is 2.84. The second kappa shape index (κ2) is 7.54. The van der Waals surface area contributed by atoms with Gasteiger partial charge in [0.05, 0.1) is 11.1 Å². The summed E-state index contributed by atoms with van der Waals surface area (Å²) >= 11 is 6.03. The van der Waals surface area contributed by atoms with Gasteiger partial charge in [0.25, 0.3) is 0 Å². The van der Waals surface area contributed by atoms with Crippen molar-refractivity contribution >= 4 is 11.6 Å². The van der Waals surface area contributed by atoms with Crippen LogP contribution in [-0.2, 0) is 0 Å². The minimum absolute atomic E-state index is 0.281. The van der Waals surface area contributed by atoms with Crippen LogP contribution in [-0.4, -0.2) is 30.9 Å². The highest BCUT2D eigenvalue weighted by Crippen LogP contribution is 2.27. The lowest BCUT2D eigenvalue weighted by Gasteiger charge is -2.12. The Balaban J connectivity index is 2.27. The molecule has 4 heteroatoms. The molecule has 0 aliphatic rings. The molecule has 2 N–H and O–H groups in total. The second-order valence-electron chi connectivity index (χ2n) is 4.00. The summed E-state index contributed by atoms with van der Waals surface area (Å²) in [6.45, 7) is 5.76. The first-order valence-electron chi connectivity index (χ1n) is 5.91. The van der Waals surface area contributed by atoms with Crippen LogP contribution in [0.25, 0.3) is 0 Å². The SMILES string of the molecule is CCC(O)CNCCOc1c(C)cccc1Cl. The van der Waals surface area contributed by atoms with Crippen molar-refractivity contribution in [2.75, 3.05) is 19.7 Å². The predicted molar refractivity (Wildman–Crippen MR) is 70.9 cm³/mol. The van der Waals surface area contributed by atoms with Gasteiger partial charge < -0.3 is 15.2 Å². The molecule has 0 aliphatic heterocycles. The van der Waals surface area contributed by atoms with E-state index in [0.29, 0.717) is 24.7 Å². The van der Waals surface area contributed by atoms with Gasteiger partial charge in [0.1, 0.15) is 12.4 Å². The predicted octanol–water partition coefficient (Wildman–Crippen LogP) is 2.39. The summed E-state index contributed by atoms with van der Waals surface area (Å²) in [5.41, 5.74) is 1.03. The Morgan fingerprint density at radius 2 is 2.24 bits per heavy atom. The lowest BCUT2D eigenvalue weighted by Crippen LogP contribution is -2.29. The van der Waals surface area contributed by atoms with Crippen LogP contribution in [0.3, 0.4) is 0 Å². The van der Waals surface area contributed by atoms with Crippen LogP contribution in [0.1, 0.15) is 18.9 Å². The molecule has 0 saturated heterocycles. The van der Waals surface area contributed by atoms with Crippen molar-refractivity contribution < 1.29 is 9.84 Å². The Morgan fingerprint density at radius 1 is 1.47 bits per heavy atom. The number of aryl methyl sites for hydroxylation is 1. The van der Waals surface area contributed by atoms with Crippen LogP contribution < -0.4 is 10.1 Å². The Labute approximate surface area is 108 Å². The number of benzene rings is 1. The van der Waals surface area contributed by atoms with Gasteiger partial charge in [0, 0.05) is 13.1 Å². The summed E-state index contributed by atoms with van der Waals surface area (Å²) in [6.07, 6.45) is 0.481. The zero-order valence-electron chi connectivity index (χ0n) is 10.4. The Bertz CT molecular complexity index is 324. The number of hydrogen-bond donors (Lipinski definition) is 2. The number of ether oxygens (including phenoxy) is 1. The molecule has 1 unspecified atom stereocenters. The molecular formula is C13H20ClNO2. The first-order valence-corrected chi connectivity index (χ1v) is 6.29. The standard InChI is InChI=1S/C13H20ClNO2/c1-3-11(16)9-15-7-8-17-13-10(2)5-4-6-12(13)14/h4-6,11,15-16H,3,7-9H2,1-2H3. The van der Waals surface area contributed by atoms with E-state index in [9.17, 15) is 5.11 Å². The minimum Gasteiger partial charge on any atom is -0.490 e. The summed E-state index contributed by atoms with van der Waals surface area (Å²) in [6, 6.07) is 5.69. The van der Waals surface area contributed by atoms with Crippen LogP contribution in [0.4, 0.5) is 0 Å². The van der Waals surface area contributed by atoms with Gasteiger partial charge in [-0.05, 0) is 25.0 Å². The highest BCUT2D eigenvalue weighted by Gasteiger charge is 2.04. The highest BCUT2D eigenvalue weighted by molar-refractivity contribution is 6.32. The summed E-state index contributed by atoms with van der Waals surface area (Å²) in [7, 11) is 0. The molecule has 1 aromatic carbocycles. The van der Waals surface area contributed by atoms with E-state index >= 15 is 0 Å². The molecular weight excluding hydrogens is 238 g/mol. The maximum absolute atomic E-state index is 9.34. The Hall–Kier alpha value is -0.770.